The Morgan fingerprint density at radius 3 is 2.64 bits per heavy atom. The van der Waals surface area contributed by atoms with Crippen LogP contribution < -0.4 is 10.6 Å². The van der Waals surface area contributed by atoms with Crippen molar-refractivity contribution in [3.63, 3.8) is 0 Å². The number of carbonyl (C=O) groups is 1. The van der Waals surface area contributed by atoms with Gasteiger partial charge in [0.25, 0.3) is 5.69 Å². The molecule has 148 valence electrons. The summed E-state index contributed by atoms with van der Waals surface area (Å²) in [4.78, 5) is 27.2. The first-order valence-electron chi connectivity index (χ1n) is 9.13. The van der Waals surface area contributed by atoms with E-state index in [0.29, 0.717) is 18.8 Å². The molecule has 0 unspecified atom stereocenters. The second-order valence-electron chi connectivity index (χ2n) is 7.24. The first-order chi connectivity index (χ1) is 13.0. The molecule has 0 aromatic heterocycles. The van der Waals surface area contributed by atoms with Crippen molar-refractivity contribution in [2.45, 2.75) is 18.4 Å². The Kier molecular flexibility index (Phi) is 5.98. The maximum atomic E-state index is 12.9. The fourth-order valence-corrected chi connectivity index (χ4v) is 4.11. The Bertz CT molecular complexity index is 877. The topological polar surface area (TPSA) is 92.7 Å². The van der Waals surface area contributed by atoms with Crippen LogP contribution in [-0.2, 0) is 11.2 Å². The molecule has 28 heavy (non-hydrogen) atoms. The van der Waals surface area contributed by atoms with Crippen LogP contribution in [0.1, 0.15) is 17.0 Å². The van der Waals surface area contributed by atoms with E-state index in [1.165, 1.54) is 17.7 Å². The predicted octanol–water partition coefficient (Wildman–Crippen LogP) is 2.33. The van der Waals surface area contributed by atoms with Crippen LogP contribution in [0.4, 0.5) is 11.4 Å². The normalized spacial score (nSPS) is 21.2. The number of nitrogens with zero attached hydrogens (tertiary/aromatic N) is 3. The molecule has 0 bridgehead atoms. The van der Waals surface area contributed by atoms with E-state index in [-0.39, 0.29) is 42.5 Å². The lowest BCUT2D eigenvalue weighted by Crippen LogP contribution is -2.39. The van der Waals surface area contributed by atoms with Crippen LogP contribution in [0.3, 0.4) is 0 Å². The van der Waals surface area contributed by atoms with Crippen LogP contribution in [0.2, 0.25) is 0 Å². The van der Waals surface area contributed by atoms with Gasteiger partial charge in [0.1, 0.15) is 0 Å². The number of carbonyl (C=O) groups excluding carboxylic acids is 1. The number of nitrogens with two attached hydrogens (primary N) is 1. The highest BCUT2D eigenvalue weighted by molar-refractivity contribution is 5.97. The molecule has 8 heteroatoms. The molecule has 2 N–H and O–H groups in total. The molecule has 1 fully saturated rings. The third-order valence-corrected chi connectivity index (χ3v) is 5.50. The van der Waals surface area contributed by atoms with E-state index >= 15 is 0 Å². The first kappa shape index (κ1) is 20.3. The highest BCUT2D eigenvalue weighted by Crippen LogP contribution is 2.32. The highest BCUT2D eigenvalue weighted by atomic mass is 35.5. The predicted molar refractivity (Wildman–Crippen MR) is 110 cm³/mol. The van der Waals surface area contributed by atoms with Crippen LogP contribution in [0.15, 0.2) is 48.5 Å². The standard InChI is InChI=1S/C20H22N4O3.ClH/c21-18-12-22(11-17(18)14-4-2-1-3-5-14)13-20(25)23-9-8-15-6-7-16(24(26)27)10-19(15)23;/h1-7,10,17-18H,8-9,11-13,21H2;1H/t17-,18+;/m0./s1. The number of amides is 1. The molecule has 7 nitrogen and oxygen atoms in total. The molecular formula is C20H23ClN4O3. The van der Waals surface area contributed by atoms with Gasteiger partial charge in [0.15, 0.2) is 0 Å². The quantitative estimate of drug-likeness (QED) is 0.625. The highest BCUT2D eigenvalue weighted by Gasteiger charge is 2.34. The van der Waals surface area contributed by atoms with Crippen LogP contribution in [0.5, 0.6) is 0 Å². The second-order valence-corrected chi connectivity index (χ2v) is 7.24. The SMILES string of the molecule is Cl.N[C@@H]1CN(CC(=O)N2CCc3ccc([N+](=O)[O-])cc32)C[C@H]1c1ccccc1. The van der Waals surface area contributed by atoms with E-state index in [1.807, 2.05) is 18.2 Å². The molecule has 4 rings (SSSR count). The summed E-state index contributed by atoms with van der Waals surface area (Å²) in [5.74, 6) is 0.182. The number of non-ortho nitro benzene ring substituents is 1. The number of nitro groups is 1. The smallest absolute Gasteiger partial charge is 0.271 e. The molecule has 2 aliphatic heterocycles. The Morgan fingerprint density at radius 2 is 1.93 bits per heavy atom. The van der Waals surface area contributed by atoms with Gasteiger partial charge in [0, 0.05) is 43.7 Å². The number of anilines is 1. The van der Waals surface area contributed by atoms with Gasteiger partial charge in [0.2, 0.25) is 5.91 Å². The molecule has 0 aliphatic carbocycles. The molecule has 1 saturated heterocycles. The molecule has 0 spiro atoms. The van der Waals surface area contributed by atoms with Crippen LogP contribution in [0, 0.1) is 10.1 Å². The lowest BCUT2D eigenvalue weighted by atomic mass is 9.95. The van der Waals surface area contributed by atoms with Gasteiger partial charge in [-0.1, -0.05) is 36.4 Å². The van der Waals surface area contributed by atoms with Gasteiger partial charge < -0.3 is 10.6 Å². The minimum Gasteiger partial charge on any atom is -0.326 e. The summed E-state index contributed by atoms with van der Waals surface area (Å²) in [5.41, 5.74) is 9.17. The minimum absolute atomic E-state index is 0. The molecule has 2 aromatic rings. The molecule has 2 aliphatic rings. The number of hydrogen-bond acceptors (Lipinski definition) is 5. The average molecular weight is 403 g/mol. The summed E-state index contributed by atoms with van der Waals surface area (Å²) in [6.45, 7) is 2.25. The van der Waals surface area contributed by atoms with Gasteiger partial charge >= 0.3 is 0 Å². The molecule has 1 amide bonds. The van der Waals surface area contributed by atoms with E-state index < -0.39 is 4.92 Å². The molecule has 0 saturated carbocycles. The van der Waals surface area contributed by atoms with E-state index in [1.54, 1.807) is 11.0 Å². The summed E-state index contributed by atoms with van der Waals surface area (Å²) < 4.78 is 0. The summed E-state index contributed by atoms with van der Waals surface area (Å²) in [6.07, 6.45) is 0.727. The zero-order chi connectivity index (χ0) is 19.0. The van der Waals surface area contributed by atoms with Crippen molar-refractivity contribution in [1.29, 1.82) is 0 Å². The number of benzene rings is 2. The molecule has 0 radical (unpaired) electrons. The third-order valence-electron chi connectivity index (χ3n) is 5.50. The van der Waals surface area contributed by atoms with E-state index in [9.17, 15) is 14.9 Å². The largest absolute Gasteiger partial charge is 0.326 e. The summed E-state index contributed by atoms with van der Waals surface area (Å²) in [7, 11) is 0. The van der Waals surface area contributed by atoms with E-state index in [0.717, 1.165) is 18.5 Å². The number of halogens is 1. The molecular weight excluding hydrogens is 380 g/mol. The Labute approximate surface area is 169 Å². The van der Waals surface area contributed by atoms with Crippen LogP contribution >= 0.6 is 12.4 Å². The fourth-order valence-electron chi connectivity index (χ4n) is 4.11. The van der Waals surface area contributed by atoms with Crippen LogP contribution in [0.25, 0.3) is 0 Å². The van der Waals surface area contributed by atoms with Crippen molar-refractivity contribution in [3.05, 3.63) is 69.8 Å². The number of hydrogen-bond donors (Lipinski definition) is 1. The van der Waals surface area contributed by atoms with E-state index in [4.69, 9.17) is 5.73 Å². The molecule has 2 aromatic carbocycles. The fraction of sp³-hybridized carbons (Fsp3) is 0.350. The Morgan fingerprint density at radius 1 is 1.18 bits per heavy atom. The zero-order valence-electron chi connectivity index (χ0n) is 15.4. The van der Waals surface area contributed by atoms with Gasteiger partial charge in [-0.15, -0.1) is 12.4 Å². The van der Waals surface area contributed by atoms with Crippen molar-refractivity contribution in [3.8, 4) is 0 Å². The summed E-state index contributed by atoms with van der Waals surface area (Å²) in [6, 6.07) is 14.9. The number of rotatable bonds is 4. The third kappa shape index (κ3) is 3.87. The van der Waals surface area contributed by atoms with Gasteiger partial charge in [-0.2, -0.15) is 0 Å². The lowest BCUT2D eigenvalue weighted by molar-refractivity contribution is -0.384. The van der Waals surface area contributed by atoms with Gasteiger partial charge in [-0.3, -0.25) is 19.8 Å². The van der Waals surface area contributed by atoms with Crippen LogP contribution in [-0.4, -0.2) is 48.0 Å². The number of likely N-dealkylation sites (tertiary alicyclic amines) is 1. The maximum absolute atomic E-state index is 12.9. The lowest BCUT2D eigenvalue weighted by Gasteiger charge is -2.21. The minimum atomic E-state index is -0.425. The Hall–Kier alpha value is -2.48. The Balaban J connectivity index is 0.00000225. The maximum Gasteiger partial charge on any atom is 0.271 e. The van der Waals surface area contributed by atoms with Crippen molar-refractivity contribution in [2.24, 2.45) is 5.73 Å². The van der Waals surface area contributed by atoms with E-state index in [2.05, 4.69) is 17.0 Å². The zero-order valence-corrected chi connectivity index (χ0v) is 16.2. The second kappa shape index (κ2) is 8.26. The first-order valence-corrected chi connectivity index (χ1v) is 9.13. The van der Waals surface area contributed by atoms with Gasteiger partial charge in [0.05, 0.1) is 17.2 Å². The van der Waals surface area contributed by atoms with Crippen molar-refractivity contribution >= 4 is 29.7 Å². The van der Waals surface area contributed by atoms with Gasteiger partial charge in [-0.05, 0) is 17.5 Å². The van der Waals surface area contributed by atoms with Crippen molar-refractivity contribution in [1.82, 2.24) is 4.90 Å². The van der Waals surface area contributed by atoms with Crippen molar-refractivity contribution < 1.29 is 9.72 Å². The van der Waals surface area contributed by atoms with Gasteiger partial charge in [-0.25, -0.2) is 0 Å². The number of nitro benzene ring substituents is 1. The number of fused-ring (bicyclic) bond motifs is 1. The average Bonchev–Trinajstić information content (AvgIpc) is 3.25. The summed E-state index contributed by atoms with van der Waals surface area (Å²) >= 11 is 0. The monoisotopic (exact) mass is 402 g/mol. The molecule has 2 atom stereocenters. The van der Waals surface area contributed by atoms with Crippen molar-refractivity contribution in [2.75, 3.05) is 31.1 Å². The molecule has 2 heterocycles. The summed E-state index contributed by atoms with van der Waals surface area (Å²) in [5, 5.41) is 11.0.